The number of hydrogen-bond donors (Lipinski definition) is 0. The molecule has 0 aliphatic heterocycles. The van der Waals surface area contributed by atoms with Gasteiger partial charge in [-0.05, 0) is 86.1 Å². The van der Waals surface area contributed by atoms with Gasteiger partial charge in [0.15, 0.2) is 0 Å². The molecule has 6 heteroatoms. The second kappa shape index (κ2) is 14.8. The number of ether oxygens (including phenoxy) is 4. The molecular formula is C40H50O6. The van der Waals surface area contributed by atoms with Crippen molar-refractivity contribution in [2.45, 2.75) is 80.1 Å². The Bertz CT molecular complexity index is 1440. The average Bonchev–Trinajstić information content (AvgIpc) is 2.98. The Kier molecular flexibility index (Phi) is 11.7. The molecule has 246 valence electrons. The molecule has 0 aliphatic rings. The molecule has 0 heterocycles. The lowest BCUT2D eigenvalue weighted by Gasteiger charge is -2.31. The molecule has 0 aliphatic carbocycles. The second-order valence-electron chi connectivity index (χ2n) is 13.2. The van der Waals surface area contributed by atoms with E-state index in [4.69, 9.17) is 18.9 Å². The zero-order valence-corrected chi connectivity index (χ0v) is 29.3. The molecule has 0 aromatic heterocycles. The van der Waals surface area contributed by atoms with Crippen LogP contribution >= 0.6 is 0 Å². The SMILES string of the molecule is C=C(C)C(=O)OCCOc1c(C)cc(C(C)(C)c2ccc(C(C)(C)c3cc(C)c(OCCOC(=O)C(=C)C)c(C)c3)cc2)cc1C. The fourth-order valence-electron chi connectivity index (χ4n) is 5.52. The van der Waals surface area contributed by atoms with Gasteiger partial charge < -0.3 is 18.9 Å². The molecule has 0 radical (unpaired) electrons. The van der Waals surface area contributed by atoms with Crippen molar-refractivity contribution in [1.29, 1.82) is 0 Å². The Morgan fingerprint density at radius 3 is 1.09 bits per heavy atom. The highest BCUT2D eigenvalue weighted by Gasteiger charge is 2.28. The van der Waals surface area contributed by atoms with E-state index in [2.05, 4.69) is 89.4 Å². The summed E-state index contributed by atoms with van der Waals surface area (Å²) < 4.78 is 22.3. The summed E-state index contributed by atoms with van der Waals surface area (Å²) in [6.45, 7) is 28.5. The molecule has 0 saturated carbocycles. The summed E-state index contributed by atoms with van der Waals surface area (Å²) >= 11 is 0. The van der Waals surface area contributed by atoms with Crippen LogP contribution in [0.4, 0.5) is 0 Å². The average molecular weight is 627 g/mol. The monoisotopic (exact) mass is 626 g/mol. The lowest BCUT2D eigenvalue weighted by atomic mass is 9.74. The molecular weight excluding hydrogens is 576 g/mol. The van der Waals surface area contributed by atoms with E-state index in [0.717, 1.165) is 33.8 Å². The highest BCUT2D eigenvalue weighted by atomic mass is 16.6. The Hall–Kier alpha value is -4.32. The van der Waals surface area contributed by atoms with Crippen LogP contribution in [0, 0.1) is 27.7 Å². The van der Waals surface area contributed by atoms with Crippen molar-refractivity contribution in [2.24, 2.45) is 0 Å². The maximum Gasteiger partial charge on any atom is 0.333 e. The smallest absolute Gasteiger partial charge is 0.333 e. The van der Waals surface area contributed by atoms with E-state index in [1.807, 2.05) is 27.7 Å². The van der Waals surface area contributed by atoms with Gasteiger partial charge in [0.25, 0.3) is 0 Å². The van der Waals surface area contributed by atoms with E-state index in [-0.39, 0.29) is 37.3 Å². The van der Waals surface area contributed by atoms with Gasteiger partial charge in [-0.25, -0.2) is 9.59 Å². The van der Waals surface area contributed by atoms with E-state index < -0.39 is 11.9 Å². The minimum Gasteiger partial charge on any atom is -0.489 e. The van der Waals surface area contributed by atoms with Crippen molar-refractivity contribution in [3.05, 3.63) is 117 Å². The van der Waals surface area contributed by atoms with E-state index in [9.17, 15) is 9.59 Å². The Balaban J connectivity index is 1.75. The van der Waals surface area contributed by atoms with Crippen molar-refractivity contribution in [2.75, 3.05) is 26.4 Å². The lowest BCUT2D eigenvalue weighted by Crippen LogP contribution is -2.22. The Labute approximate surface area is 275 Å². The predicted octanol–water partition coefficient (Wildman–Crippen LogP) is 8.57. The summed E-state index contributed by atoms with van der Waals surface area (Å²) in [5.74, 6) is 0.815. The standard InChI is InChI=1S/C40H50O6/c1-25(2)37(41)45-19-17-43-35-27(5)21-33(22-28(35)6)39(9,10)31-13-15-32(16-14-31)40(11,12)34-23-29(7)36(30(8)24-34)44-18-20-46-38(42)26(3)4/h13-16,21-24H,1,3,17-20H2,2,4-12H3. The first-order valence-electron chi connectivity index (χ1n) is 15.7. The highest BCUT2D eigenvalue weighted by molar-refractivity contribution is 5.87. The normalized spacial score (nSPS) is 11.5. The topological polar surface area (TPSA) is 71.1 Å². The maximum absolute atomic E-state index is 11.6. The van der Waals surface area contributed by atoms with E-state index in [1.54, 1.807) is 13.8 Å². The van der Waals surface area contributed by atoms with Crippen molar-refractivity contribution in [3.63, 3.8) is 0 Å². The van der Waals surface area contributed by atoms with Crippen LogP contribution in [0.25, 0.3) is 0 Å². The van der Waals surface area contributed by atoms with Crippen LogP contribution in [0.5, 0.6) is 11.5 Å². The molecule has 0 saturated heterocycles. The summed E-state index contributed by atoms with van der Waals surface area (Å²) in [6.07, 6.45) is 0. The van der Waals surface area contributed by atoms with Crippen LogP contribution in [-0.2, 0) is 29.9 Å². The highest BCUT2D eigenvalue weighted by Crippen LogP contribution is 2.39. The van der Waals surface area contributed by atoms with Crippen LogP contribution in [0.1, 0.15) is 86.1 Å². The third-order valence-corrected chi connectivity index (χ3v) is 8.52. The van der Waals surface area contributed by atoms with E-state index >= 15 is 0 Å². The van der Waals surface area contributed by atoms with Crippen LogP contribution in [-0.4, -0.2) is 38.4 Å². The van der Waals surface area contributed by atoms with Gasteiger partial charge in [0, 0.05) is 22.0 Å². The molecule has 0 N–H and O–H groups in total. The third-order valence-electron chi connectivity index (χ3n) is 8.52. The number of esters is 2. The maximum atomic E-state index is 11.6. The molecule has 46 heavy (non-hydrogen) atoms. The predicted molar refractivity (Wildman–Crippen MR) is 185 cm³/mol. The van der Waals surface area contributed by atoms with Gasteiger partial charge in [-0.2, -0.15) is 0 Å². The molecule has 3 aromatic rings. The van der Waals surface area contributed by atoms with Gasteiger partial charge in [-0.3, -0.25) is 0 Å². The zero-order chi connectivity index (χ0) is 34.4. The van der Waals surface area contributed by atoms with Crippen molar-refractivity contribution in [1.82, 2.24) is 0 Å². The van der Waals surface area contributed by atoms with Crippen LogP contribution in [0.2, 0.25) is 0 Å². The molecule has 0 fully saturated rings. The molecule has 6 nitrogen and oxygen atoms in total. The first-order valence-corrected chi connectivity index (χ1v) is 15.7. The number of benzene rings is 3. The van der Waals surface area contributed by atoms with E-state index in [0.29, 0.717) is 11.1 Å². The molecule has 0 bridgehead atoms. The molecule has 0 unspecified atom stereocenters. The number of hydrogen-bond acceptors (Lipinski definition) is 6. The fraction of sp³-hybridized carbons (Fsp3) is 0.400. The number of carbonyl (C=O) groups excluding carboxylic acids is 2. The summed E-state index contributed by atoms with van der Waals surface area (Å²) in [4.78, 5) is 23.3. The van der Waals surface area contributed by atoms with Crippen LogP contribution in [0.3, 0.4) is 0 Å². The third kappa shape index (κ3) is 8.48. The van der Waals surface area contributed by atoms with Gasteiger partial charge in [-0.15, -0.1) is 0 Å². The number of rotatable bonds is 14. The minimum absolute atomic E-state index is 0.173. The summed E-state index contributed by atoms with van der Waals surface area (Å²) in [6, 6.07) is 17.6. The van der Waals surface area contributed by atoms with Crippen molar-refractivity contribution < 1.29 is 28.5 Å². The minimum atomic E-state index is -0.409. The van der Waals surface area contributed by atoms with Crippen LogP contribution in [0.15, 0.2) is 72.8 Å². The lowest BCUT2D eigenvalue weighted by molar-refractivity contribution is -0.140. The van der Waals surface area contributed by atoms with Gasteiger partial charge in [0.1, 0.15) is 37.9 Å². The van der Waals surface area contributed by atoms with Crippen molar-refractivity contribution >= 4 is 11.9 Å². The molecule has 3 rings (SSSR count). The summed E-state index contributed by atoms with van der Waals surface area (Å²) in [5, 5.41) is 0. The van der Waals surface area contributed by atoms with Crippen LogP contribution < -0.4 is 9.47 Å². The molecule has 3 aromatic carbocycles. The van der Waals surface area contributed by atoms with Gasteiger partial charge >= 0.3 is 11.9 Å². The largest absolute Gasteiger partial charge is 0.489 e. The Morgan fingerprint density at radius 2 is 0.826 bits per heavy atom. The second-order valence-corrected chi connectivity index (χ2v) is 13.2. The first kappa shape index (κ1) is 36.2. The van der Waals surface area contributed by atoms with Gasteiger partial charge in [0.05, 0.1) is 0 Å². The molecule has 0 amide bonds. The fourth-order valence-corrected chi connectivity index (χ4v) is 5.52. The quantitative estimate of drug-likeness (QED) is 0.101. The summed E-state index contributed by atoms with van der Waals surface area (Å²) in [5.41, 5.74) is 9.27. The number of aryl methyl sites for hydroxylation is 4. The first-order chi connectivity index (χ1) is 21.5. The van der Waals surface area contributed by atoms with Gasteiger partial charge in [0.2, 0.25) is 0 Å². The van der Waals surface area contributed by atoms with Crippen molar-refractivity contribution in [3.8, 4) is 11.5 Å². The zero-order valence-electron chi connectivity index (χ0n) is 29.3. The summed E-state index contributed by atoms with van der Waals surface area (Å²) in [7, 11) is 0. The van der Waals surface area contributed by atoms with E-state index in [1.165, 1.54) is 22.3 Å². The Morgan fingerprint density at radius 1 is 0.543 bits per heavy atom. The molecule has 0 spiro atoms. The van der Waals surface area contributed by atoms with Gasteiger partial charge in [-0.1, -0.05) is 89.4 Å². The molecule has 0 atom stereocenters. The number of carbonyl (C=O) groups is 2.